The molecular weight excluding hydrogens is 242 g/mol. The van der Waals surface area contributed by atoms with Crippen molar-refractivity contribution in [2.75, 3.05) is 19.7 Å². The van der Waals surface area contributed by atoms with Gasteiger partial charge in [-0.05, 0) is 50.4 Å². The quantitative estimate of drug-likeness (QED) is 0.740. The van der Waals surface area contributed by atoms with Crippen LogP contribution in [0, 0.1) is 0 Å². The molecule has 1 fully saturated rings. The zero-order chi connectivity index (χ0) is 13.5. The molecule has 1 aliphatic rings. The third-order valence-electron chi connectivity index (χ3n) is 3.49. The van der Waals surface area contributed by atoms with E-state index in [0.717, 1.165) is 38.1 Å². The fourth-order valence-electron chi connectivity index (χ4n) is 2.43. The normalized spacial score (nSPS) is 18.6. The van der Waals surface area contributed by atoms with Crippen LogP contribution in [-0.4, -0.2) is 36.9 Å². The lowest BCUT2D eigenvalue weighted by atomic mass is 10.0. The monoisotopic (exact) mass is 263 g/mol. The molecule has 2 N–H and O–H groups in total. The van der Waals surface area contributed by atoms with Crippen LogP contribution in [0.4, 0.5) is 0 Å². The molecule has 0 aliphatic carbocycles. The van der Waals surface area contributed by atoms with Gasteiger partial charge in [-0.25, -0.2) is 4.79 Å². The molecule has 0 saturated carbocycles. The van der Waals surface area contributed by atoms with E-state index in [1.807, 2.05) is 12.1 Å². The summed E-state index contributed by atoms with van der Waals surface area (Å²) in [7, 11) is 0. The lowest BCUT2D eigenvalue weighted by Gasteiger charge is -2.10. The molecule has 0 amide bonds. The standard InChI is InChI=1S/C15H21NO3/c17-15(18)14-6-2-1-4-12(14)7-9-16-10-8-13-5-3-11-19-13/h1-2,4,6,13,16H,3,5,7-11H2,(H,17,18). The van der Waals surface area contributed by atoms with Gasteiger partial charge in [-0.1, -0.05) is 18.2 Å². The molecule has 0 radical (unpaired) electrons. The Bertz CT molecular complexity index is 414. The maximum Gasteiger partial charge on any atom is 0.335 e. The SMILES string of the molecule is O=C(O)c1ccccc1CCNCCC1CCCO1. The van der Waals surface area contributed by atoms with Crippen LogP contribution in [0.1, 0.15) is 35.2 Å². The second kappa shape index (κ2) is 7.26. The van der Waals surface area contributed by atoms with Gasteiger partial charge in [0, 0.05) is 6.61 Å². The Hall–Kier alpha value is -1.39. The number of carboxylic acid groups (broad SMARTS) is 1. The molecule has 1 atom stereocenters. The molecule has 1 heterocycles. The maximum atomic E-state index is 11.0. The highest BCUT2D eigenvalue weighted by atomic mass is 16.5. The first-order valence-corrected chi connectivity index (χ1v) is 6.91. The Morgan fingerprint density at radius 2 is 2.21 bits per heavy atom. The van der Waals surface area contributed by atoms with Crippen molar-refractivity contribution < 1.29 is 14.6 Å². The Kier molecular flexibility index (Phi) is 5.36. The van der Waals surface area contributed by atoms with E-state index in [-0.39, 0.29) is 0 Å². The molecule has 0 bridgehead atoms. The highest BCUT2D eigenvalue weighted by molar-refractivity contribution is 5.89. The predicted molar refractivity (Wildman–Crippen MR) is 73.6 cm³/mol. The van der Waals surface area contributed by atoms with Gasteiger partial charge in [0.05, 0.1) is 11.7 Å². The maximum absolute atomic E-state index is 11.0. The Labute approximate surface area is 113 Å². The number of ether oxygens (including phenoxy) is 1. The summed E-state index contributed by atoms with van der Waals surface area (Å²) in [6.07, 6.45) is 4.55. The molecule has 104 valence electrons. The van der Waals surface area contributed by atoms with Crippen LogP contribution < -0.4 is 5.32 Å². The van der Waals surface area contributed by atoms with Gasteiger partial charge in [-0.3, -0.25) is 0 Å². The van der Waals surface area contributed by atoms with Crippen molar-refractivity contribution >= 4 is 5.97 Å². The van der Waals surface area contributed by atoms with Gasteiger partial charge in [0.1, 0.15) is 0 Å². The molecule has 0 aromatic heterocycles. The lowest BCUT2D eigenvalue weighted by Crippen LogP contribution is -2.23. The van der Waals surface area contributed by atoms with E-state index in [4.69, 9.17) is 9.84 Å². The minimum Gasteiger partial charge on any atom is -0.478 e. The summed E-state index contributed by atoms with van der Waals surface area (Å²) in [5, 5.41) is 12.4. The Balaban J connectivity index is 1.69. The fraction of sp³-hybridized carbons (Fsp3) is 0.533. The smallest absolute Gasteiger partial charge is 0.335 e. The summed E-state index contributed by atoms with van der Waals surface area (Å²) >= 11 is 0. The molecule has 1 aromatic carbocycles. The first-order valence-electron chi connectivity index (χ1n) is 6.91. The minimum atomic E-state index is -0.852. The molecule has 0 spiro atoms. The molecule has 1 aliphatic heterocycles. The van der Waals surface area contributed by atoms with Crippen molar-refractivity contribution in [3.05, 3.63) is 35.4 Å². The van der Waals surface area contributed by atoms with Gasteiger partial charge < -0.3 is 15.2 Å². The molecular formula is C15H21NO3. The zero-order valence-electron chi connectivity index (χ0n) is 11.1. The summed E-state index contributed by atoms with van der Waals surface area (Å²) < 4.78 is 5.55. The number of rotatable bonds is 7. The van der Waals surface area contributed by atoms with E-state index in [2.05, 4.69) is 5.32 Å². The van der Waals surface area contributed by atoms with Crippen molar-refractivity contribution in [2.24, 2.45) is 0 Å². The highest BCUT2D eigenvalue weighted by Gasteiger charge is 2.14. The largest absolute Gasteiger partial charge is 0.478 e. The number of hydrogen-bond acceptors (Lipinski definition) is 3. The van der Waals surface area contributed by atoms with Crippen molar-refractivity contribution in [1.82, 2.24) is 5.32 Å². The van der Waals surface area contributed by atoms with Gasteiger partial charge in [0.2, 0.25) is 0 Å². The van der Waals surface area contributed by atoms with E-state index in [0.29, 0.717) is 11.7 Å². The molecule has 4 heteroatoms. The molecule has 1 saturated heterocycles. The van der Waals surface area contributed by atoms with Crippen LogP contribution in [0.15, 0.2) is 24.3 Å². The van der Waals surface area contributed by atoms with E-state index in [1.54, 1.807) is 12.1 Å². The van der Waals surface area contributed by atoms with Gasteiger partial charge in [-0.2, -0.15) is 0 Å². The van der Waals surface area contributed by atoms with Crippen LogP contribution in [0.3, 0.4) is 0 Å². The first kappa shape index (κ1) is 14.0. The third kappa shape index (κ3) is 4.33. The Morgan fingerprint density at radius 1 is 1.37 bits per heavy atom. The van der Waals surface area contributed by atoms with Gasteiger partial charge in [-0.15, -0.1) is 0 Å². The summed E-state index contributed by atoms with van der Waals surface area (Å²) in [5.74, 6) is -0.852. The van der Waals surface area contributed by atoms with Crippen LogP contribution in [0.5, 0.6) is 0 Å². The summed E-state index contributed by atoms with van der Waals surface area (Å²) in [4.78, 5) is 11.0. The van der Waals surface area contributed by atoms with E-state index < -0.39 is 5.97 Å². The number of carbonyl (C=O) groups is 1. The topological polar surface area (TPSA) is 58.6 Å². The molecule has 4 nitrogen and oxygen atoms in total. The zero-order valence-corrected chi connectivity index (χ0v) is 11.1. The summed E-state index contributed by atoms with van der Waals surface area (Å²) in [5.41, 5.74) is 1.29. The fourth-order valence-corrected chi connectivity index (χ4v) is 2.43. The highest BCUT2D eigenvalue weighted by Crippen LogP contribution is 2.14. The van der Waals surface area contributed by atoms with Crippen molar-refractivity contribution in [3.8, 4) is 0 Å². The van der Waals surface area contributed by atoms with Crippen molar-refractivity contribution in [3.63, 3.8) is 0 Å². The van der Waals surface area contributed by atoms with E-state index >= 15 is 0 Å². The summed E-state index contributed by atoms with van der Waals surface area (Å²) in [6.45, 7) is 2.63. The molecule has 19 heavy (non-hydrogen) atoms. The van der Waals surface area contributed by atoms with Crippen LogP contribution >= 0.6 is 0 Å². The van der Waals surface area contributed by atoms with Crippen LogP contribution in [0.25, 0.3) is 0 Å². The van der Waals surface area contributed by atoms with E-state index in [9.17, 15) is 4.79 Å². The average Bonchev–Trinajstić information content (AvgIpc) is 2.92. The second-order valence-corrected chi connectivity index (χ2v) is 4.89. The van der Waals surface area contributed by atoms with Crippen LogP contribution in [0.2, 0.25) is 0 Å². The molecule has 2 rings (SSSR count). The third-order valence-corrected chi connectivity index (χ3v) is 3.49. The number of hydrogen-bond donors (Lipinski definition) is 2. The average molecular weight is 263 g/mol. The molecule has 1 aromatic rings. The second-order valence-electron chi connectivity index (χ2n) is 4.89. The Morgan fingerprint density at radius 3 is 2.95 bits per heavy atom. The lowest BCUT2D eigenvalue weighted by molar-refractivity contribution is 0.0695. The minimum absolute atomic E-state index is 0.406. The number of nitrogens with one attached hydrogen (secondary N) is 1. The van der Waals surface area contributed by atoms with Crippen molar-refractivity contribution in [2.45, 2.75) is 31.8 Å². The number of benzene rings is 1. The first-order chi connectivity index (χ1) is 9.27. The van der Waals surface area contributed by atoms with E-state index in [1.165, 1.54) is 12.8 Å². The van der Waals surface area contributed by atoms with Gasteiger partial charge in [0.15, 0.2) is 0 Å². The van der Waals surface area contributed by atoms with Crippen LogP contribution in [-0.2, 0) is 11.2 Å². The number of aromatic carboxylic acids is 1. The predicted octanol–water partition coefficient (Wildman–Crippen LogP) is 2.09. The van der Waals surface area contributed by atoms with Crippen molar-refractivity contribution in [1.29, 1.82) is 0 Å². The van der Waals surface area contributed by atoms with Gasteiger partial charge >= 0.3 is 5.97 Å². The number of carboxylic acids is 1. The van der Waals surface area contributed by atoms with Gasteiger partial charge in [0.25, 0.3) is 0 Å². The molecule has 1 unspecified atom stereocenters. The summed E-state index contributed by atoms with van der Waals surface area (Å²) in [6, 6.07) is 7.18.